The fraction of sp³-hybridized carbons (Fsp3) is 0.133. The fourth-order valence-corrected chi connectivity index (χ4v) is 2.16. The minimum Gasteiger partial charge on any atom is -0.477 e. The predicted molar refractivity (Wildman–Crippen MR) is 95.1 cm³/mol. The Hall–Kier alpha value is -3.60. The molecule has 1 atom stereocenters. The van der Waals surface area contributed by atoms with Gasteiger partial charge in [0, 0.05) is 17.5 Å². The summed E-state index contributed by atoms with van der Waals surface area (Å²) in [4.78, 5) is 46.2. The van der Waals surface area contributed by atoms with Crippen LogP contribution in [0.3, 0.4) is 0 Å². The smallest absolute Gasteiger partial charge is 0.352 e. The van der Waals surface area contributed by atoms with Gasteiger partial charge in [0.25, 0.3) is 11.5 Å². The maximum absolute atomic E-state index is 11.3. The number of carbonyl (C=O) groups is 2. The third-order valence-corrected chi connectivity index (χ3v) is 3.60. The minimum atomic E-state index is -1.34. The van der Waals surface area contributed by atoms with Gasteiger partial charge in [-0.05, 0) is 22.9 Å². The van der Waals surface area contributed by atoms with Crippen LogP contribution in [0.4, 0.5) is 0 Å². The lowest BCUT2D eigenvalue weighted by Gasteiger charge is -2.16. The van der Waals surface area contributed by atoms with Gasteiger partial charge in [0.2, 0.25) is 5.54 Å². The van der Waals surface area contributed by atoms with Gasteiger partial charge < -0.3 is 15.8 Å². The number of halogens is 1. The van der Waals surface area contributed by atoms with Gasteiger partial charge >= 0.3 is 11.7 Å². The van der Waals surface area contributed by atoms with Crippen molar-refractivity contribution in [3.8, 4) is 0 Å². The van der Waals surface area contributed by atoms with Crippen molar-refractivity contribution in [1.29, 1.82) is 0 Å². The third-order valence-electron chi connectivity index (χ3n) is 3.35. The highest BCUT2D eigenvalue weighted by Gasteiger charge is 2.38. The topological polar surface area (TPSA) is 183 Å². The average Bonchev–Trinajstić information content (AvgIpc) is 3.07. The van der Waals surface area contributed by atoms with Crippen molar-refractivity contribution in [2.24, 2.45) is 21.2 Å². The molecular weight excluding hydrogens is 380 g/mol. The lowest BCUT2D eigenvalue weighted by Crippen LogP contribution is -2.44. The van der Waals surface area contributed by atoms with Crippen LogP contribution in [0.15, 0.2) is 55.4 Å². The van der Waals surface area contributed by atoms with Crippen LogP contribution in [0.25, 0.3) is 0 Å². The van der Waals surface area contributed by atoms with Gasteiger partial charge in [-0.3, -0.25) is 14.6 Å². The van der Waals surface area contributed by atoms with E-state index in [4.69, 9.17) is 22.4 Å². The Morgan fingerprint density at radius 1 is 1.19 bits per heavy atom. The lowest BCUT2D eigenvalue weighted by molar-refractivity contribution is -0.120. The second-order valence-electron chi connectivity index (χ2n) is 5.33. The SMILES string of the molecule is NC(=O)C1(Cc2ccc(Cl)cc2)C=NN=N1.O=C(O)c1cc(=O)[nH]c(=O)[nH]1. The fourth-order valence-electron chi connectivity index (χ4n) is 2.03. The number of aromatic nitrogens is 2. The van der Waals surface area contributed by atoms with Gasteiger partial charge in [0.1, 0.15) is 5.69 Å². The monoisotopic (exact) mass is 392 g/mol. The number of amides is 1. The number of rotatable bonds is 4. The van der Waals surface area contributed by atoms with Crippen molar-refractivity contribution >= 4 is 29.7 Å². The number of aromatic amines is 2. The van der Waals surface area contributed by atoms with Crippen LogP contribution in [-0.2, 0) is 11.2 Å². The summed E-state index contributed by atoms with van der Waals surface area (Å²) in [6.07, 6.45) is 1.70. The van der Waals surface area contributed by atoms with Crippen molar-refractivity contribution in [2.75, 3.05) is 0 Å². The van der Waals surface area contributed by atoms with Crippen molar-refractivity contribution in [2.45, 2.75) is 12.0 Å². The van der Waals surface area contributed by atoms with E-state index in [1.54, 1.807) is 12.1 Å². The molecular formula is C15H13ClN6O5. The highest BCUT2D eigenvalue weighted by atomic mass is 35.5. The molecule has 1 aromatic heterocycles. The molecule has 11 nitrogen and oxygen atoms in total. The van der Waals surface area contributed by atoms with Crippen LogP contribution in [0.2, 0.25) is 5.02 Å². The maximum Gasteiger partial charge on any atom is 0.352 e. The first-order valence-corrected chi connectivity index (χ1v) is 7.67. The van der Waals surface area contributed by atoms with E-state index in [0.717, 1.165) is 11.6 Å². The Balaban J connectivity index is 0.000000208. The van der Waals surface area contributed by atoms with E-state index < -0.39 is 34.4 Å². The summed E-state index contributed by atoms with van der Waals surface area (Å²) in [7, 11) is 0. The Kier molecular flexibility index (Phi) is 5.98. The average molecular weight is 393 g/mol. The molecule has 0 fully saturated rings. The first-order valence-electron chi connectivity index (χ1n) is 7.29. The molecule has 1 aliphatic rings. The molecule has 0 saturated heterocycles. The number of hydrogen-bond acceptors (Lipinski definition) is 7. The summed E-state index contributed by atoms with van der Waals surface area (Å²) in [5, 5.41) is 19.7. The molecule has 3 rings (SSSR count). The van der Waals surface area contributed by atoms with Crippen molar-refractivity contribution in [3.05, 3.63) is 67.4 Å². The third kappa shape index (κ3) is 5.19. The van der Waals surface area contributed by atoms with Crippen LogP contribution >= 0.6 is 11.6 Å². The molecule has 140 valence electrons. The molecule has 1 aromatic carbocycles. The number of hydrogen-bond donors (Lipinski definition) is 4. The van der Waals surface area contributed by atoms with Crippen LogP contribution in [0.5, 0.6) is 0 Å². The number of carboxylic acids is 1. The van der Waals surface area contributed by atoms with Crippen molar-refractivity contribution in [3.63, 3.8) is 0 Å². The Labute approximate surface area is 155 Å². The Bertz CT molecular complexity index is 984. The summed E-state index contributed by atoms with van der Waals surface area (Å²) >= 11 is 5.77. The molecule has 0 aliphatic carbocycles. The minimum absolute atomic E-state index is 0.340. The number of aromatic carboxylic acids is 1. The van der Waals surface area contributed by atoms with Gasteiger partial charge in [-0.1, -0.05) is 23.7 Å². The number of carboxylic acid groups (broad SMARTS) is 1. The number of nitrogens with one attached hydrogen (secondary N) is 2. The molecule has 2 aromatic rings. The normalized spacial score (nSPS) is 17.2. The summed E-state index contributed by atoms with van der Waals surface area (Å²) in [5.41, 5.74) is 3.08. The Morgan fingerprint density at radius 3 is 2.33 bits per heavy atom. The molecule has 12 heteroatoms. The number of carbonyl (C=O) groups excluding carboxylic acids is 1. The van der Waals surface area contributed by atoms with Gasteiger partial charge in [0.05, 0.1) is 6.21 Å². The summed E-state index contributed by atoms with van der Waals surface area (Å²) in [6.45, 7) is 0. The predicted octanol–water partition coefficient (Wildman–Crippen LogP) is 0.320. The van der Waals surface area contributed by atoms with Crippen LogP contribution in [0.1, 0.15) is 16.1 Å². The van der Waals surface area contributed by atoms with Crippen molar-refractivity contribution < 1.29 is 14.7 Å². The maximum atomic E-state index is 11.3. The highest BCUT2D eigenvalue weighted by molar-refractivity contribution is 6.30. The standard InChI is InChI=1S/C10H9ClN4O.C5H4N2O4/c11-8-3-1-7(2-4-8)5-10(9(12)16)6-13-15-14-10;8-3-1-2(4(9)10)6-5(11)7-3/h1-4,6H,5H2,(H2,12,16);1H,(H,9,10)(H2,6,7,8,11). The van der Waals surface area contributed by atoms with Gasteiger partial charge in [-0.25, -0.2) is 9.59 Å². The largest absolute Gasteiger partial charge is 0.477 e. The number of nitrogens with zero attached hydrogens (tertiary/aromatic N) is 3. The molecule has 0 bridgehead atoms. The number of primary amides is 1. The van der Waals surface area contributed by atoms with Crippen LogP contribution in [-0.4, -0.2) is 38.7 Å². The van der Waals surface area contributed by atoms with E-state index in [1.807, 2.05) is 22.1 Å². The number of nitrogens with two attached hydrogens (primary N) is 1. The highest BCUT2D eigenvalue weighted by Crippen LogP contribution is 2.21. The molecule has 27 heavy (non-hydrogen) atoms. The van der Waals surface area contributed by atoms with E-state index in [1.165, 1.54) is 6.21 Å². The van der Waals surface area contributed by atoms with Crippen LogP contribution in [0, 0.1) is 0 Å². The van der Waals surface area contributed by atoms with E-state index >= 15 is 0 Å². The zero-order valence-corrected chi connectivity index (χ0v) is 14.3. The zero-order valence-electron chi connectivity index (χ0n) is 13.5. The second kappa shape index (κ2) is 8.19. The molecule has 1 aliphatic heterocycles. The lowest BCUT2D eigenvalue weighted by atomic mass is 9.92. The molecule has 0 radical (unpaired) electrons. The van der Waals surface area contributed by atoms with Crippen LogP contribution < -0.4 is 17.0 Å². The molecule has 0 saturated carbocycles. The zero-order chi connectivity index (χ0) is 20.0. The summed E-state index contributed by atoms with van der Waals surface area (Å²) in [6, 6.07) is 7.91. The summed E-state index contributed by atoms with van der Waals surface area (Å²) in [5.74, 6) is -1.90. The van der Waals surface area contributed by atoms with E-state index in [2.05, 4.69) is 15.4 Å². The Morgan fingerprint density at radius 2 is 1.85 bits per heavy atom. The molecule has 5 N–H and O–H groups in total. The number of H-pyrrole nitrogens is 2. The van der Waals surface area contributed by atoms with E-state index in [0.29, 0.717) is 11.4 Å². The molecule has 1 amide bonds. The quantitative estimate of drug-likeness (QED) is 0.582. The summed E-state index contributed by atoms with van der Waals surface area (Å²) < 4.78 is 0. The van der Waals surface area contributed by atoms with Gasteiger partial charge in [-0.15, -0.1) is 10.2 Å². The first-order chi connectivity index (χ1) is 12.7. The van der Waals surface area contributed by atoms with Crippen molar-refractivity contribution in [1.82, 2.24) is 9.97 Å². The molecule has 0 spiro atoms. The van der Waals surface area contributed by atoms with Gasteiger partial charge in [-0.2, -0.15) is 0 Å². The molecule has 2 heterocycles. The molecule has 1 unspecified atom stereocenters. The second-order valence-corrected chi connectivity index (χ2v) is 5.77. The van der Waals surface area contributed by atoms with Gasteiger partial charge in [0.15, 0.2) is 0 Å². The number of benzene rings is 1. The first kappa shape index (κ1) is 19.7. The van der Waals surface area contributed by atoms with E-state index in [-0.39, 0.29) is 0 Å². The van der Waals surface area contributed by atoms with E-state index in [9.17, 15) is 19.2 Å².